The van der Waals surface area contributed by atoms with Crippen LogP contribution in [0.2, 0.25) is 0 Å². The van der Waals surface area contributed by atoms with E-state index in [1.54, 1.807) is 0 Å². The van der Waals surface area contributed by atoms with Gasteiger partial charge in [0, 0.05) is 6.54 Å². The normalized spacial score (nSPS) is 25.4. The highest BCUT2D eigenvalue weighted by molar-refractivity contribution is 4.98. The molecule has 2 rings (SSSR count). The molecule has 1 aliphatic rings. The van der Waals surface area contributed by atoms with E-state index in [-0.39, 0.29) is 0 Å². The van der Waals surface area contributed by atoms with Crippen molar-refractivity contribution < 1.29 is 0 Å². The van der Waals surface area contributed by atoms with Crippen LogP contribution in [0.3, 0.4) is 0 Å². The van der Waals surface area contributed by atoms with Gasteiger partial charge < -0.3 is 9.88 Å². The Balaban J connectivity index is 2.08. The van der Waals surface area contributed by atoms with Gasteiger partial charge in [0.1, 0.15) is 12.2 Å². The van der Waals surface area contributed by atoms with E-state index < -0.39 is 0 Å². The van der Waals surface area contributed by atoms with E-state index in [0.717, 1.165) is 24.8 Å². The second kappa shape index (κ2) is 5.63. The van der Waals surface area contributed by atoms with Crippen LogP contribution in [-0.4, -0.2) is 21.3 Å². The molecule has 2 atom stereocenters. The van der Waals surface area contributed by atoms with Gasteiger partial charge in [0.2, 0.25) is 0 Å². The number of nitrogens with one attached hydrogen (secondary N) is 1. The lowest BCUT2D eigenvalue weighted by Gasteiger charge is -2.29. The number of rotatable bonds is 4. The lowest BCUT2D eigenvalue weighted by Crippen LogP contribution is -2.33. The second-order valence-electron chi connectivity index (χ2n) is 5.54. The molecule has 0 radical (unpaired) electrons. The van der Waals surface area contributed by atoms with Crippen LogP contribution in [0.5, 0.6) is 0 Å². The van der Waals surface area contributed by atoms with Crippen LogP contribution in [0.25, 0.3) is 0 Å². The molecule has 4 heteroatoms. The Morgan fingerprint density at radius 1 is 1.53 bits per heavy atom. The third-order valence-electron chi connectivity index (χ3n) is 3.61. The summed E-state index contributed by atoms with van der Waals surface area (Å²) in [6, 6.07) is 0.398. The van der Waals surface area contributed by atoms with Crippen molar-refractivity contribution in [2.45, 2.75) is 52.6 Å². The van der Waals surface area contributed by atoms with E-state index in [0.29, 0.717) is 12.0 Å². The van der Waals surface area contributed by atoms with Crippen molar-refractivity contribution >= 4 is 0 Å². The third-order valence-corrected chi connectivity index (χ3v) is 3.61. The van der Waals surface area contributed by atoms with E-state index >= 15 is 0 Å². The maximum absolute atomic E-state index is 4.31. The zero-order valence-corrected chi connectivity index (χ0v) is 11.2. The first kappa shape index (κ1) is 12.6. The quantitative estimate of drug-likeness (QED) is 0.873. The maximum Gasteiger partial charge on any atom is 0.150 e. The van der Waals surface area contributed by atoms with Crippen molar-refractivity contribution in [2.75, 3.05) is 6.54 Å². The molecule has 0 bridgehead atoms. The van der Waals surface area contributed by atoms with Crippen LogP contribution < -0.4 is 5.32 Å². The van der Waals surface area contributed by atoms with Gasteiger partial charge >= 0.3 is 0 Å². The van der Waals surface area contributed by atoms with Crippen LogP contribution in [0.4, 0.5) is 0 Å². The van der Waals surface area contributed by atoms with E-state index in [9.17, 15) is 0 Å². The van der Waals surface area contributed by atoms with Crippen molar-refractivity contribution in [3.05, 3.63) is 12.2 Å². The zero-order chi connectivity index (χ0) is 12.3. The topological polar surface area (TPSA) is 42.7 Å². The maximum atomic E-state index is 4.31. The molecule has 0 spiro atoms. The fourth-order valence-electron chi connectivity index (χ4n) is 2.63. The van der Waals surface area contributed by atoms with E-state index in [1.807, 2.05) is 6.33 Å². The van der Waals surface area contributed by atoms with Crippen LogP contribution in [0, 0.1) is 11.8 Å². The fraction of sp³-hybridized carbons (Fsp3) is 0.846. The Morgan fingerprint density at radius 2 is 2.35 bits per heavy atom. The fourth-order valence-corrected chi connectivity index (χ4v) is 2.63. The van der Waals surface area contributed by atoms with Crippen molar-refractivity contribution in [3.63, 3.8) is 0 Å². The molecule has 1 fully saturated rings. The minimum Gasteiger partial charge on any atom is -0.316 e. The van der Waals surface area contributed by atoms with Crippen molar-refractivity contribution in [1.29, 1.82) is 0 Å². The van der Waals surface area contributed by atoms with Gasteiger partial charge in [-0.1, -0.05) is 27.2 Å². The first-order valence-electron chi connectivity index (χ1n) is 6.81. The molecule has 4 nitrogen and oxygen atoms in total. The molecule has 17 heavy (non-hydrogen) atoms. The van der Waals surface area contributed by atoms with Crippen LogP contribution in [0.1, 0.15) is 51.9 Å². The summed E-state index contributed by atoms with van der Waals surface area (Å²) in [6.07, 6.45) is 5.64. The molecule has 1 aromatic heterocycles. The molecule has 0 amide bonds. The van der Waals surface area contributed by atoms with E-state index in [4.69, 9.17) is 0 Å². The summed E-state index contributed by atoms with van der Waals surface area (Å²) in [7, 11) is 0. The Hall–Kier alpha value is -0.900. The third kappa shape index (κ3) is 3.06. The van der Waals surface area contributed by atoms with Gasteiger partial charge in [0.05, 0.1) is 6.04 Å². The molecule has 1 saturated heterocycles. The van der Waals surface area contributed by atoms with Crippen molar-refractivity contribution in [3.8, 4) is 0 Å². The number of piperidine rings is 1. The lowest BCUT2D eigenvalue weighted by atomic mass is 9.90. The van der Waals surface area contributed by atoms with Gasteiger partial charge in [-0.05, 0) is 31.2 Å². The summed E-state index contributed by atoms with van der Waals surface area (Å²) in [5, 5.41) is 12.0. The molecule has 1 aromatic rings. The summed E-state index contributed by atoms with van der Waals surface area (Å²) in [5.41, 5.74) is 0. The zero-order valence-electron chi connectivity index (χ0n) is 11.2. The highest BCUT2D eigenvalue weighted by Crippen LogP contribution is 2.28. The Kier molecular flexibility index (Phi) is 4.15. The SMILES string of the molecule is CCC1CCNC(c2nncn2CC(C)C)C1. The van der Waals surface area contributed by atoms with Crippen molar-refractivity contribution in [1.82, 2.24) is 20.1 Å². The van der Waals surface area contributed by atoms with Gasteiger partial charge in [-0.15, -0.1) is 10.2 Å². The number of nitrogens with zero attached hydrogens (tertiary/aromatic N) is 3. The molecular weight excluding hydrogens is 212 g/mol. The minimum atomic E-state index is 0.398. The van der Waals surface area contributed by atoms with Gasteiger partial charge in [-0.3, -0.25) is 0 Å². The lowest BCUT2D eigenvalue weighted by molar-refractivity contribution is 0.283. The average Bonchev–Trinajstić information content (AvgIpc) is 2.76. The Labute approximate surface area is 104 Å². The smallest absolute Gasteiger partial charge is 0.150 e. The number of hydrogen-bond acceptors (Lipinski definition) is 3. The van der Waals surface area contributed by atoms with Gasteiger partial charge in [0.25, 0.3) is 0 Å². The van der Waals surface area contributed by atoms with E-state index in [2.05, 4.69) is 40.9 Å². The molecule has 1 aliphatic heterocycles. The largest absolute Gasteiger partial charge is 0.316 e. The predicted octanol–water partition coefficient (Wildman–Crippen LogP) is 2.38. The van der Waals surface area contributed by atoms with Gasteiger partial charge in [-0.25, -0.2) is 0 Å². The Morgan fingerprint density at radius 3 is 3.06 bits per heavy atom. The first-order valence-corrected chi connectivity index (χ1v) is 6.81. The van der Waals surface area contributed by atoms with Gasteiger partial charge in [0.15, 0.2) is 0 Å². The number of aromatic nitrogens is 3. The summed E-state index contributed by atoms with van der Waals surface area (Å²) in [4.78, 5) is 0. The monoisotopic (exact) mass is 236 g/mol. The molecular formula is C13H24N4. The molecule has 0 saturated carbocycles. The average molecular weight is 236 g/mol. The van der Waals surface area contributed by atoms with E-state index in [1.165, 1.54) is 19.3 Å². The molecule has 0 aromatic carbocycles. The standard InChI is InChI=1S/C13H24N4/c1-4-11-5-6-14-12(7-11)13-16-15-9-17(13)8-10(2)3/h9-12,14H,4-8H2,1-3H3. The summed E-state index contributed by atoms with van der Waals surface area (Å²) in [6.45, 7) is 8.86. The molecule has 2 heterocycles. The Bertz CT molecular complexity index is 345. The highest BCUT2D eigenvalue weighted by atomic mass is 15.3. The van der Waals surface area contributed by atoms with Gasteiger partial charge in [-0.2, -0.15) is 0 Å². The van der Waals surface area contributed by atoms with Crippen LogP contribution >= 0.6 is 0 Å². The van der Waals surface area contributed by atoms with Crippen LogP contribution in [-0.2, 0) is 6.54 Å². The second-order valence-corrected chi connectivity index (χ2v) is 5.54. The predicted molar refractivity (Wildman–Crippen MR) is 68.6 cm³/mol. The molecule has 96 valence electrons. The first-order chi connectivity index (χ1) is 8.20. The summed E-state index contributed by atoms with van der Waals surface area (Å²) >= 11 is 0. The highest BCUT2D eigenvalue weighted by Gasteiger charge is 2.25. The summed E-state index contributed by atoms with van der Waals surface area (Å²) in [5.74, 6) is 2.60. The summed E-state index contributed by atoms with van der Waals surface area (Å²) < 4.78 is 2.21. The molecule has 1 N–H and O–H groups in total. The number of hydrogen-bond donors (Lipinski definition) is 1. The van der Waals surface area contributed by atoms with Crippen LogP contribution in [0.15, 0.2) is 6.33 Å². The van der Waals surface area contributed by atoms with Crippen molar-refractivity contribution in [2.24, 2.45) is 11.8 Å². The molecule has 0 aliphatic carbocycles. The molecule has 2 unspecified atom stereocenters. The minimum absolute atomic E-state index is 0.398.